The van der Waals surface area contributed by atoms with Crippen molar-refractivity contribution < 1.29 is 4.74 Å². The lowest BCUT2D eigenvalue weighted by Crippen LogP contribution is -2.21. The molecule has 19 heavy (non-hydrogen) atoms. The molecule has 0 radical (unpaired) electrons. The molecule has 0 spiro atoms. The number of hydrogen-bond acceptors (Lipinski definition) is 4. The van der Waals surface area contributed by atoms with Gasteiger partial charge in [0.1, 0.15) is 10.6 Å². The summed E-state index contributed by atoms with van der Waals surface area (Å²) in [6.07, 6.45) is 2.23. The first kappa shape index (κ1) is 14.9. The van der Waals surface area contributed by atoms with Gasteiger partial charge in [0.25, 0.3) is 0 Å². The molecule has 0 aliphatic carbocycles. The minimum Gasteiger partial charge on any atom is -0.368 e. The Bertz CT molecular complexity index is 428. The van der Waals surface area contributed by atoms with E-state index in [1.165, 1.54) is 10.6 Å². The Balaban J connectivity index is 2.34. The highest BCUT2D eigenvalue weighted by molar-refractivity contribution is 7.11. The van der Waals surface area contributed by atoms with Crippen LogP contribution in [0.5, 0.6) is 0 Å². The smallest absolute Gasteiger partial charge is 0.125 e. The standard InChI is InChI=1S/C15H26N2OS/c1-6-16-10-11-12(14(2,3)4)17-13(19-11)15(5)8-7-9-18-15/h16H,6-10H2,1-5H3. The van der Waals surface area contributed by atoms with Crippen LogP contribution >= 0.6 is 11.3 Å². The van der Waals surface area contributed by atoms with Crippen molar-refractivity contribution >= 4 is 11.3 Å². The fraction of sp³-hybridized carbons (Fsp3) is 0.800. The Labute approximate surface area is 120 Å². The molecule has 1 fully saturated rings. The third kappa shape index (κ3) is 3.18. The van der Waals surface area contributed by atoms with Crippen molar-refractivity contribution in [2.45, 2.75) is 65.0 Å². The number of hydrogen-bond donors (Lipinski definition) is 1. The molecule has 3 nitrogen and oxygen atoms in total. The molecule has 1 aliphatic heterocycles. The Hall–Kier alpha value is -0.450. The minimum atomic E-state index is -0.158. The summed E-state index contributed by atoms with van der Waals surface area (Å²) in [7, 11) is 0. The molecule has 0 bridgehead atoms. The van der Waals surface area contributed by atoms with E-state index in [0.29, 0.717) is 0 Å². The van der Waals surface area contributed by atoms with Gasteiger partial charge in [-0.25, -0.2) is 4.98 Å². The van der Waals surface area contributed by atoms with Crippen LogP contribution in [0.1, 0.15) is 63.0 Å². The van der Waals surface area contributed by atoms with E-state index in [0.717, 1.165) is 37.5 Å². The summed E-state index contributed by atoms with van der Waals surface area (Å²) in [5.41, 5.74) is 1.16. The summed E-state index contributed by atoms with van der Waals surface area (Å²) in [6, 6.07) is 0. The Kier molecular flexibility index (Phi) is 4.33. The molecule has 2 rings (SSSR count). The summed E-state index contributed by atoms with van der Waals surface area (Å²) >= 11 is 1.82. The first-order valence-corrected chi connectivity index (χ1v) is 8.04. The lowest BCUT2D eigenvalue weighted by molar-refractivity contribution is 0.0164. The number of aromatic nitrogens is 1. The van der Waals surface area contributed by atoms with E-state index >= 15 is 0 Å². The molecular weight excluding hydrogens is 256 g/mol. The van der Waals surface area contributed by atoms with Gasteiger partial charge < -0.3 is 10.1 Å². The summed E-state index contributed by atoms with van der Waals surface area (Å²) in [5, 5.41) is 4.58. The van der Waals surface area contributed by atoms with Gasteiger partial charge in [-0.1, -0.05) is 27.7 Å². The molecule has 1 saturated heterocycles. The average molecular weight is 282 g/mol. The Morgan fingerprint density at radius 3 is 2.68 bits per heavy atom. The molecule has 1 aromatic rings. The van der Waals surface area contributed by atoms with E-state index in [1.54, 1.807) is 0 Å². The quantitative estimate of drug-likeness (QED) is 0.916. The molecule has 1 aliphatic rings. The van der Waals surface area contributed by atoms with Crippen molar-refractivity contribution in [1.29, 1.82) is 0 Å². The average Bonchev–Trinajstić information content (AvgIpc) is 2.92. The first-order valence-electron chi connectivity index (χ1n) is 7.22. The van der Waals surface area contributed by atoms with E-state index in [4.69, 9.17) is 9.72 Å². The zero-order chi connectivity index (χ0) is 14.1. The molecular formula is C15H26N2OS. The van der Waals surface area contributed by atoms with Crippen LogP contribution in [0, 0.1) is 0 Å². The normalized spacial score (nSPS) is 24.1. The lowest BCUT2D eigenvalue weighted by Gasteiger charge is -2.20. The number of ether oxygens (including phenoxy) is 1. The molecule has 0 aromatic carbocycles. The van der Waals surface area contributed by atoms with Crippen LogP contribution in [0.4, 0.5) is 0 Å². The van der Waals surface area contributed by atoms with Gasteiger partial charge in [-0.05, 0) is 26.3 Å². The fourth-order valence-electron chi connectivity index (χ4n) is 2.47. The van der Waals surface area contributed by atoms with Crippen LogP contribution in [-0.2, 0) is 22.3 Å². The molecule has 2 heterocycles. The highest BCUT2D eigenvalue weighted by Gasteiger charge is 2.37. The van der Waals surface area contributed by atoms with Gasteiger partial charge in [0, 0.05) is 23.4 Å². The van der Waals surface area contributed by atoms with E-state index in [9.17, 15) is 0 Å². The molecule has 1 N–H and O–H groups in total. The topological polar surface area (TPSA) is 34.1 Å². The molecule has 4 heteroatoms. The van der Waals surface area contributed by atoms with E-state index in [-0.39, 0.29) is 11.0 Å². The zero-order valence-electron chi connectivity index (χ0n) is 12.8. The maximum absolute atomic E-state index is 5.94. The number of nitrogens with zero attached hydrogens (tertiary/aromatic N) is 1. The Morgan fingerprint density at radius 1 is 1.42 bits per heavy atom. The molecule has 0 amide bonds. The number of thiazole rings is 1. The van der Waals surface area contributed by atoms with Crippen LogP contribution < -0.4 is 5.32 Å². The third-order valence-corrected chi connectivity index (χ3v) is 4.92. The van der Waals surface area contributed by atoms with Gasteiger partial charge in [-0.2, -0.15) is 0 Å². The van der Waals surface area contributed by atoms with Crippen LogP contribution in [0.15, 0.2) is 0 Å². The maximum Gasteiger partial charge on any atom is 0.125 e. The molecule has 1 unspecified atom stereocenters. The van der Waals surface area contributed by atoms with Crippen LogP contribution in [0.2, 0.25) is 0 Å². The highest BCUT2D eigenvalue weighted by atomic mass is 32.1. The van der Waals surface area contributed by atoms with Crippen molar-refractivity contribution in [3.8, 4) is 0 Å². The molecule has 108 valence electrons. The van der Waals surface area contributed by atoms with Crippen molar-refractivity contribution in [2.24, 2.45) is 0 Å². The summed E-state index contributed by atoms with van der Waals surface area (Å²) in [6.45, 7) is 13.8. The lowest BCUT2D eigenvalue weighted by atomic mass is 9.91. The zero-order valence-corrected chi connectivity index (χ0v) is 13.6. The van der Waals surface area contributed by atoms with E-state index < -0.39 is 0 Å². The van der Waals surface area contributed by atoms with Crippen LogP contribution in [-0.4, -0.2) is 18.1 Å². The van der Waals surface area contributed by atoms with Crippen LogP contribution in [0.25, 0.3) is 0 Å². The van der Waals surface area contributed by atoms with Crippen molar-refractivity contribution in [3.63, 3.8) is 0 Å². The maximum atomic E-state index is 5.94. The largest absolute Gasteiger partial charge is 0.368 e. The van der Waals surface area contributed by atoms with Gasteiger partial charge >= 0.3 is 0 Å². The minimum absolute atomic E-state index is 0.0917. The van der Waals surface area contributed by atoms with Gasteiger partial charge in [0.2, 0.25) is 0 Å². The first-order chi connectivity index (χ1) is 8.87. The van der Waals surface area contributed by atoms with Gasteiger partial charge in [-0.3, -0.25) is 0 Å². The second-order valence-corrected chi connectivity index (χ2v) is 7.59. The summed E-state index contributed by atoms with van der Waals surface area (Å²) in [4.78, 5) is 6.30. The highest BCUT2D eigenvalue weighted by Crippen LogP contribution is 2.40. The number of rotatable bonds is 4. The van der Waals surface area contributed by atoms with E-state index in [1.807, 2.05) is 11.3 Å². The molecule has 0 saturated carbocycles. The Morgan fingerprint density at radius 2 is 2.16 bits per heavy atom. The second kappa shape index (κ2) is 5.51. The van der Waals surface area contributed by atoms with Gasteiger partial charge in [0.15, 0.2) is 0 Å². The van der Waals surface area contributed by atoms with Crippen molar-refractivity contribution in [2.75, 3.05) is 13.2 Å². The monoisotopic (exact) mass is 282 g/mol. The summed E-state index contributed by atoms with van der Waals surface area (Å²) in [5.74, 6) is 0. The second-order valence-electron chi connectivity index (χ2n) is 6.50. The SMILES string of the molecule is CCNCc1sc(C2(C)CCCO2)nc1C(C)(C)C. The van der Waals surface area contributed by atoms with E-state index in [2.05, 4.69) is 39.9 Å². The van der Waals surface area contributed by atoms with Crippen LogP contribution in [0.3, 0.4) is 0 Å². The van der Waals surface area contributed by atoms with Crippen molar-refractivity contribution in [1.82, 2.24) is 10.3 Å². The molecule has 1 atom stereocenters. The molecule has 1 aromatic heterocycles. The fourth-order valence-corrected chi connectivity index (χ4v) is 3.84. The third-order valence-electron chi connectivity index (χ3n) is 3.61. The predicted molar refractivity (Wildman–Crippen MR) is 80.7 cm³/mol. The predicted octanol–water partition coefficient (Wildman–Crippen LogP) is 3.58. The van der Waals surface area contributed by atoms with Crippen molar-refractivity contribution in [3.05, 3.63) is 15.6 Å². The number of nitrogens with one attached hydrogen (secondary N) is 1. The van der Waals surface area contributed by atoms with Gasteiger partial charge in [0.05, 0.1) is 5.69 Å². The van der Waals surface area contributed by atoms with Gasteiger partial charge in [-0.15, -0.1) is 11.3 Å². The summed E-state index contributed by atoms with van der Waals surface area (Å²) < 4.78 is 5.94.